The third-order valence-electron chi connectivity index (χ3n) is 1.54. The second-order valence-electron chi connectivity index (χ2n) is 2.16. The number of hydrogen-bond acceptors (Lipinski definition) is 2. The Balaban J connectivity index is 2.66. The second-order valence-corrected chi connectivity index (χ2v) is 2.16. The van der Waals surface area contributed by atoms with Crippen LogP contribution in [0.4, 0.5) is 0 Å². The van der Waals surface area contributed by atoms with Gasteiger partial charge in [0.25, 0.3) is 0 Å². The summed E-state index contributed by atoms with van der Waals surface area (Å²) in [6, 6.07) is 0. The molecule has 2 N–H and O–H groups in total. The Morgan fingerprint density at radius 3 is 2.56 bits per heavy atom. The lowest BCUT2D eigenvalue weighted by Crippen LogP contribution is -2.20. The van der Waals surface area contributed by atoms with Crippen molar-refractivity contribution in [1.29, 1.82) is 0 Å². The summed E-state index contributed by atoms with van der Waals surface area (Å²) in [6.07, 6.45) is 2.59. The summed E-state index contributed by atoms with van der Waals surface area (Å²) in [4.78, 5) is 0. The van der Waals surface area contributed by atoms with Gasteiger partial charge in [-0.2, -0.15) is 0 Å². The molecule has 0 aromatic carbocycles. The molecule has 0 fully saturated rings. The average molecular weight is 126 g/mol. The zero-order chi connectivity index (χ0) is 6.85. The van der Waals surface area contributed by atoms with Crippen molar-refractivity contribution in [2.24, 2.45) is 0 Å². The van der Waals surface area contributed by atoms with Crippen LogP contribution >= 0.6 is 0 Å². The summed E-state index contributed by atoms with van der Waals surface area (Å²) < 4.78 is 0. The third-order valence-corrected chi connectivity index (χ3v) is 1.54. The Morgan fingerprint density at radius 2 is 2.33 bits per heavy atom. The molecule has 0 saturated heterocycles. The number of aliphatic hydroxyl groups is 2. The van der Waals surface area contributed by atoms with Crippen molar-refractivity contribution >= 4 is 0 Å². The maximum absolute atomic E-state index is 9.07. The van der Waals surface area contributed by atoms with E-state index >= 15 is 0 Å². The molecule has 50 valence electrons. The lowest BCUT2D eigenvalue weighted by atomic mass is 10.1. The smallest absolute Gasteiger partial charge is 0.105 e. The van der Waals surface area contributed by atoms with E-state index in [1.54, 1.807) is 12.2 Å². The summed E-state index contributed by atoms with van der Waals surface area (Å²) in [6.45, 7) is 3.49. The van der Waals surface area contributed by atoms with Gasteiger partial charge in [0.1, 0.15) is 6.10 Å². The van der Waals surface area contributed by atoms with Crippen molar-refractivity contribution in [3.05, 3.63) is 24.3 Å². The van der Waals surface area contributed by atoms with Gasteiger partial charge in [0.05, 0.1) is 6.10 Å². The molecule has 2 unspecified atom stereocenters. The molecule has 2 nitrogen and oxygen atoms in total. The first-order valence-corrected chi connectivity index (χ1v) is 2.94. The summed E-state index contributed by atoms with van der Waals surface area (Å²) in [5.41, 5.74) is 0.738. The summed E-state index contributed by atoms with van der Waals surface area (Å²) in [5, 5.41) is 18.0. The third kappa shape index (κ3) is 1.04. The minimum Gasteiger partial charge on any atom is -0.390 e. The minimum atomic E-state index is -0.706. The molecule has 2 atom stereocenters. The van der Waals surface area contributed by atoms with Crippen molar-refractivity contribution in [2.75, 3.05) is 0 Å². The molecule has 0 spiro atoms. The standard InChI is InChI=1S/C7H10O2/c1-2-5-3-4-6(8)7(5)9/h2-3,6-9H,1,4H2. The van der Waals surface area contributed by atoms with Crippen molar-refractivity contribution in [1.82, 2.24) is 0 Å². The van der Waals surface area contributed by atoms with Gasteiger partial charge in [-0.25, -0.2) is 0 Å². The minimum absolute atomic E-state index is 0.544. The fourth-order valence-electron chi connectivity index (χ4n) is 0.933. The van der Waals surface area contributed by atoms with E-state index in [1.807, 2.05) is 0 Å². The summed E-state index contributed by atoms with van der Waals surface area (Å²) >= 11 is 0. The number of hydrogen-bond donors (Lipinski definition) is 2. The first-order chi connectivity index (χ1) is 4.25. The van der Waals surface area contributed by atoms with Crippen molar-refractivity contribution in [2.45, 2.75) is 18.6 Å². The lowest BCUT2D eigenvalue weighted by molar-refractivity contribution is 0.0571. The van der Waals surface area contributed by atoms with Gasteiger partial charge in [0.2, 0.25) is 0 Å². The van der Waals surface area contributed by atoms with Crippen molar-refractivity contribution in [3.8, 4) is 0 Å². The highest BCUT2D eigenvalue weighted by Crippen LogP contribution is 2.19. The molecule has 0 amide bonds. The Bertz CT molecular complexity index is 149. The zero-order valence-electron chi connectivity index (χ0n) is 5.12. The van der Waals surface area contributed by atoms with Crippen LogP contribution in [0.15, 0.2) is 24.3 Å². The number of aliphatic hydroxyl groups excluding tert-OH is 2. The largest absolute Gasteiger partial charge is 0.390 e. The Morgan fingerprint density at radius 1 is 1.67 bits per heavy atom. The van der Waals surface area contributed by atoms with Crippen molar-refractivity contribution in [3.63, 3.8) is 0 Å². The normalized spacial score (nSPS) is 34.2. The van der Waals surface area contributed by atoms with Gasteiger partial charge in [-0.1, -0.05) is 18.7 Å². The van der Waals surface area contributed by atoms with Crippen LogP contribution in [0.1, 0.15) is 6.42 Å². The molecular weight excluding hydrogens is 116 g/mol. The van der Waals surface area contributed by atoms with E-state index < -0.39 is 12.2 Å². The predicted octanol–water partition coefficient (Wildman–Crippen LogP) is 0.224. The van der Waals surface area contributed by atoms with Crippen LogP contribution < -0.4 is 0 Å². The molecule has 1 aliphatic rings. The highest BCUT2D eigenvalue weighted by molar-refractivity contribution is 5.27. The molecule has 2 heteroatoms. The van der Waals surface area contributed by atoms with E-state index in [0.717, 1.165) is 5.57 Å². The van der Waals surface area contributed by atoms with E-state index in [2.05, 4.69) is 6.58 Å². The molecular formula is C7H10O2. The van der Waals surface area contributed by atoms with Crippen LogP contribution in [-0.4, -0.2) is 22.4 Å². The first-order valence-electron chi connectivity index (χ1n) is 2.94. The quantitative estimate of drug-likeness (QED) is 0.527. The predicted molar refractivity (Wildman–Crippen MR) is 34.9 cm³/mol. The summed E-state index contributed by atoms with van der Waals surface area (Å²) in [5.74, 6) is 0. The molecule has 0 bridgehead atoms. The monoisotopic (exact) mass is 126 g/mol. The molecule has 0 heterocycles. The Labute approximate surface area is 54.1 Å². The maximum Gasteiger partial charge on any atom is 0.105 e. The van der Waals surface area contributed by atoms with E-state index in [-0.39, 0.29) is 0 Å². The van der Waals surface area contributed by atoms with Crippen molar-refractivity contribution < 1.29 is 10.2 Å². The van der Waals surface area contributed by atoms with Gasteiger partial charge in [0.15, 0.2) is 0 Å². The van der Waals surface area contributed by atoms with Gasteiger partial charge in [-0.05, 0) is 12.0 Å². The topological polar surface area (TPSA) is 40.5 Å². The molecule has 0 aromatic rings. The van der Waals surface area contributed by atoms with Crippen LogP contribution in [0.25, 0.3) is 0 Å². The van der Waals surface area contributed by atoms with E-state index in [0.29, 0.717) is 6.42 Å². The maximum atomic E-state index is 9.07. The molecule has 1 aliphatic carbocycles. The number of rotatable bonds is 1. The Hall–Kier alpha value is -0.600. The first kappa shape index (κ1) is 6.52. The van der Waals surface area contributed by atoms with Crippen LogP contribution in [0.3, 0.4) is 0 Å². The zero-order valence-corrected chi connectivity index (χ0v) is 5.12. The molecule has 9 heavy (non-hydrogen) atoms. The Kier molecular flexibility index (Phi) is 1.69. The summed E-state index contributed by atoms with van der Waals surface area (Å²) in [7, 11) is 0. The van der Waals surface area contributed by atoms with Gasteiger partial charge >= 0.3 is 0 Å². The average Bonchev–Trinajstić information content (AvgIpc) is 2.15. The van der Waals surface area contributed by atoms with E-state index in [1.165, 1.54) is 0 Å². The highest BCUT2D eigenvalue weighted by Gasteiger charge is 2.23. The molecule has 1 rings (SSSR count). The fraction of sp³-hybridized carbons (Fsp3) is 0.429. The van der Waals surface area contributed by atoms with Gasteiger partial charge in [-0.3, -0.25) is 0 Å². The lowest BCUT2D eigenvalue weighted by Gasteiger charge is -2.08. The van der Waals surface area contributed by atoms with Crippen LogP contribution in [0.2, 0.25) is 0 Å². The van der Waals surface area contributed by atoms with Gasteiger partial charge in [-0.15, -0.1) is 0 Å². The SMILES string of the molecule is C=CC1=CCC(O)C1O. The van der Waals surface area contributed by atoms with Crippen LogP contribution in [0.5, 0.6) is 0 Å². The van der Waals surface area contributed by atoms with Gasteiger partial charge < -0.3 is 10.2 Å². The molecule has 0 radical (unpaired) electrons. The van der Waals surface area contributed by atoms with Crippen LogP contribution in [0, 0.1) is 0 Å². The molecule has 0 saturated carbocycles. The van der Waals surface area contributed by atoms with E-state index in [4.69, 9.17) is 10.2 Å². The fourth-order valence-corrected chi connectivity index (χ4v) is 0.933. The molecule has 0 aromatic heterocycles. The van der Waals surface area contributed by atoms with Gasteiger partial charge in [0, 0.05) is 0 Å². The van der Waals surface area contributed by atoms with E-state index in [9.17, 15) is 0 Å². The second kappa shape index (κ2) is 2.33. The van der Waals surface area contributed by atoms with Crippen LogP contribution in [-0.2, 0) is 0 Å². The molecule has 0 aliphatic heterocycles. The highest BCUT2D eigenvalue weighted by atomic mass is 16.3.